The number of hydrogen-bond acceptors (Lipinski definition) is 1. The van der Waals surface area contributed by atoms with Crippen LogP contribution in [-0.4, -0.2) is 5.54 Å². The van der Waals surface area contributed by atoms with Gasteiger partial charge in [-0.05, 0) is 93.3 Å². The van der Waals surface area contributed by atoms with Crippen LogP contribution in [-0.2, 0) is 0 Å². The summed E-state index contributed by atoms with van der Waals surface area (Å²) in [7, 11) is 0. The molecule has 2 N–H and O–H groups in total. The van der Waals surface area contributed by atoms with Gasteiger partial charge < -0.3 is 5.73 Å². The van der Waals surface area contributed by atoms with E-state index in [1.807, 2.05) is 0 Å². The van der Waals surface area contributed by atoms with Crippen LogP contribution in [0.15, 0.2) is 0 Å². The molecule has 5 fully saturated rings. The molecule has 5 rings (SSSR count). The molecule has 0 saturated heterocycles. The minimum atomic E-state index is 0.266. The van der Waals surface area contributed by atoms with Crippen molar-refractivity contribution < 1.29 is 0 Å². The molecule has 18 heavy (non-hydrogen) atoms. The molecule has 1 nitrogen and oxygen atoms in total. The predicted molar refractivity (Wildman–Crippen MR) is 75.2 cm³/mol. The lowest BCUT2D eigenvalue weighted by atomic mass is 9.48. The quantitative estimate of drug-likeness (QED) is 0.795. The molecule has 4 bridgehead atoms. The van der Waals surface area contributed by atoms with Gasteiger partial charge in [-0.1, -0.05) is 6.92 Å². The third-order valence-corrected chi connectivity index (χ3v) is 6.59. The summed E-state index contributed by atoms with van der Waals surface area (Å²) in [4.78, 5) is 0. The maximum Gasteiger partial charge on any atom is 0.0158 e. The lowest BCUT2D eigenvalue weighted by Crippen LogP contribution is -2.46. The van der Waals surface area contributed by atoms with E-state index >= 15 is 0 Å². The van der Waals surface area contributed by atoms with Gasteiger partial charge in [0.25, 0.3) is 0 Å². The predicted octanol–water partition coefficient (Wildman–Crippen LogP) is 4.11. The summed E-state index contributed by atoms with van der Waals surface area (Å²) in [5.41, 5.74) is 7.34. The van der Waals surface area contributed by atoms with E-state index in [4.69, 9.17) is 5.73 Å². The summed E-state index contributed by atoms with van der Waals surface area (Å²) in [6.07, 6.45) is 14.8. The Bertz CT molecular complexity index is 306. The molecule has 0 aliphatic heterocycles. The van der Waals surface area contributed by atoms with E-state index in [2.05, 4.69) is 6.92 Å². The summed E-state index contributed by atoms with van der Waals surface area (Å²) in [6, 6.07) is 0. The van der Waals surface area contributed by atoms with Gasteiger partial charge >= 0.3 is 0 Å². The van der Waals surface area contributed by atoms with Crippen LogP contribution < -0.4 is 5.73 Å². The van der Waals surface area contributed by atoms with E-state index in [1.54, 1.807) is 38.5 Å². The number of rotatable bonds is 4. The zero-order chi connectivity index (χ0) is 12.4. The van der Waals surface area contributed by atoms with Crippen LogP contribution in [0.25, 0.3) is 0 Å². The van der Waals surface area contributed by atoms with E-state index in [1.165, 1.54) is 25.7 Å². The van der Waals surface area contributed by atoms with E-state index in [0.717, 1.165) is 29.1 Å². The topological polar surface area (TPSA) is 26.0 Å². The Morgan fingerprint density at radius 1 is 0.944 bits per heavy atom. The molecule has 0 aromatic heterocycles. The van der Waals surface area contributed by atoms with E-state index in [9.17, 15) is 0 Å². The zero-order valence-electron chi connectivity index (χ0n) is 12.0. The maximum atomic E-state index is 6.31. The number of hydrogen-bond donors (Lipinski definition) is 1. The Morgan fingerprint density at radius 3 is 1.89 bits per heavy atom. The fourth-order valence-corrected chi connectivity index (χ4v) is 6.41. The van der Waals surface area contributed by atoms with Gasteiger partial charge in [0, 0.05) is 5.54 Å². The monoisotopic (exact) mass is 247 g/mol. The first-order chi connectivity index (χ1) is 8.54. The fourth-order valence-electron chi connectivity index (χ4n) is 6.41. The highest BCUT2D eigenvalue weighted by atomic mass is 14.8. The Morgan fingerprint density at radius 2 is 1.44 bits per heavy atom. The molecule has 102 valence electrons. The van der Waals surface area contributed by atoms with Gasteiger partial charge in [0.1, 0.15) is 0 Å². The summed E-state index contributed by atoms with van der Waals surface area (Å²) in [5, 5.41) is 0. The van der Waals surface area contributed by atoms with Crippen LogP contribution in [0.5, 0.6) is 0 Å². The van der Waals surface area contributed by atoms with Gasteiger partial charge in [0.2, 0.25) is 0 Å². The van der Waals surface area contributed by atoms with Gasteiger partial charge in [-0.2, -0.15) is 0 Å². The fraction of sp³-hybridized carbons (Fsp3) is 1.00. The normalized spacial score (nSPS) is 49.3. The van der Waals surface area contributed by atoms with E-state index < -0.39 is 0 Å². The average Bonchev–Trinajstić information content (AvgIpc) is 2.91. The minimum absolute atomic E-state index is 0.266. The van der Waals surface area contributed by atoms with Gasteiger partial charge in [0.15, 0.2) is 0 Å². The third kappa shape index (κ3) is 2.03. The number of nitrogens with two attached hydrogens (primary N) is 1. The zero-order valence-corrected chi connectivity index (χ0v) is 12.0. The standard InChI is InChI=1S/C17H29N/c1-12(8-17(18)2-3-17)7-16-9-13-4-14(10-16)6-15(5-13)11-16/h12-15H,2-11,18H2,1H3. The Hall–Kier alpha value is -0.0400. The second-order valence-electron chi connectivity index (χ2n) is 8.79. The molecular weight excluding hydrogens is 218 g/mol. The van der Waals surface area contributed by atoms with E-state index in [0.29, 0.717) is 0 Å². The minimum Gasteiger partial charge on any atom is -0.325 e. The van der Waals surface area contributed by atoms with Crippen molar-refractivity contribution in [1.29, 1.82) is 0 Å². The summed E-state index contributed by atoms with van der Waals surface area (Å²) in [6.45, 7) is 2.48. The Labute approximate surface area is 112 Å². The molecule has 5 saturated carbocycles. The van der Waals surface area contributed by atoms with Crippen molar-refractivity contribution in [2.45, 2.75) is 76.7 Å². The molecular formula is C17H29N. The molecule has 0 radical (unpaired) electrons. The second-order valence-corrected chi connectivity index (χ2v) is 8.79. The molecule has 1 unspecified atom stereocenters. The van der Waals surface area contributed by atoms with Gasteiger partial charge in [-0.3, -0.25) is 0 Å². The van der Waals surface area contributed by atoms with Gasteiger partial charge in [0.05, 0.1) is 0 Å². The lowest BCUT2D eigenvalue weighted by Gasteiger charge is -2.57. The van der Waals surface area contributed by atoms with Crippen molar-refractivity contribution in [3.05, 3.63) is 0 Å². The Kier molecular flexibility index (Phi) is 2.45. The van der Waals surface area contributed by atoms with Crippen LogP contribution in [0.3, 0.4) is 0 Å². The molecule has 5 aliphatic rings. The maximum absolute atomic E-state index is 6.31. The van der Waals surface area contributed by atoms with Crippen molar-refractivity contribution in [2.75, 3.05) is 0 Å². The summed E-state index contributed by atoms with van der Waals surface area (Å²) < 4.78 is 0. The molecule has 1 atom stereocenters. The smallest absolute Gasteiger partial charge is 0.0158 e. The van der Waals surface area contributed by atoms with Crippen LogP contribution in [0, 0.1) is 29.1 Å². The van der Waals surface area contributed by atoms with Crippen molar-refractivity contribution >= 4 is 0 Å². The molecule has 0 aromatic rings. The highest BCUT2D eigenvalue weighted by molar-refractivity contribution is 5.04. The van der Waals surface area contributed by atoms with Crippen LogP contribution in [0.4, 0.5) is 0 Å². The van der Waals surface area contributed by atoms with Gasteiger partial charge in [-0.25, -0.2) is 0 Å². The van der Waals surface area contributed by atoms with Crippen LogP contribution in [0.2, 0.25) is 0 Å². The summed E-state index contributed by atoms with van der Waals surface area (Å²) in [5.74, 6) is 4.19. The summed E-state index contributed by atoms with van der Waals surface area (Å²) >= 11 is 0. The highest BCUT2D eigenvalue weighted by Gasteiger charge is 2.51. The molecule has 0 heterocycles. The van der Waals surface area contributed by atoms with Gasteiger partial charge in [-0.15, -0.1) is 0 Å². The van der Waals surface area contributed by atoms with Crippen LogP contribution >= 0.6 is 0 Å². The molecule has 1 heteroatoms. The largest absolute Gasteiger partial charge is 0.325 e. The van der Waals surface area contributed by atoms with Crippen molar-refractivity contribution in [2.24, 2.45) is 34.8 Å². The SMILES string of the molecule is CC(CC1(N)CC1)CC12CC3CC(CC(C3)C1)C2. The van der Waals surface area contributed by atoms with Crippen molar-refractivity contribution in [3.8, 4) is 0 Å². The van der Waals surface area contributed by atoms with E-state index in [-0.39, 0.29) is 5.54 Å². The lowest BCUT2D eigenvalue weighted by molar-refractivity contribution is -0.0651. The first kappa shape index (κ1) is 11.8. The van der Waals surface area contributed by atoms with Crippen molar-refractivity contribution in [3.63, 3.8) is 0 Å². The molecule has 5 aliphatic carbocycles. The first-order valence-corrected chi connectivity index (χ1v) is 8.33. The van der Waals surface area contributed by atoms with Crippen LogP contribution in [0.1, 0.15) is 71.1 Å². The molecule has 0 spiro atoms. The third-order valence-electron chi connectivity index (χ3n) is 6.59. The first-order valence-electron chi connectivity index (χ1n) is 8.33. The van der Waals surface area contributed by atoms with Crippen molar-refractivity contribution in [1.82, 2.24) is 0 Å². The molecule has 0 amide bonds. The second kappa shape index (κ2) is 3.75. The Balaban J connectivity index is 1.44. The average molecular weight is 247 g/mol. The highest BCUT2D eigenvalue weighted by Crippen LogP contribution is 2.62. The molecule has 0 aromatic carbocycles.